The van der Waals surface area contributed by atoms with Crippen molar-refractivity contribution in [3.05, 3.63) is 29.8 Å². The summed E-state index contributed by atoms with van der Waals surface area (Å²) in [6, 6.07) is 7.15. The van der Waals surface area contributed by atoms with E-state index >= 15 is 0 Å². The molecular formula is C19H28N2O3. The van der Waals surface area contributed by atoms with E-state index in [-0.39, 0.29) is 23.5 Å². The molecule has 1 fully saturated rings. The summed E-state index contributed by atoms with van der Waals surface area (Å²) in [6.45, 7) is 5.89. The smallest absolute Gasteiger partial charge is 0.222 e. The number of piperidine rings is 1. The van der Waals surface area contributed by atoms with Crippen molar-refractivity contribution in [2.24, 2.45) is 11.8 Å². The third-order valence-corrected chi connectivity index (χ3v) is 4.56. The largest absolute Gasteiger partial charge is 0.508 e. The topological polar surface area (TPSA) is 69.6 Å². The minimum Gasteiger partial charge on any atom is -0.508 e. The molecule has 0 bridgehead atoms. The molecule has 0 aliphatic carbocycles. The third-order valence-electron chi connectivity index (χ3n) is 4.56. The highest BCUT2D eigenvalue weighted by Crippen LogP contribution is 2.20. The first-order chi connectivity index (χ1) is 11.5. The second-order valence-electron chi connectivity index (χ2n) is 6.88. The van der Waals surface area contributed by atoms with Gasteiger partial charge in [-0.15, -0.1) is 0 Å². The van der Waals surface area contributed by atoms with Crippen LogP contribution in [0.5, 0.6) is 5.75 Å². The standard InChI is InChI=1S/C19H28N2O3/c1-14(2)19(24)20-12-15-6-5-11-21(13-15)18(23)10-9-16-7-3-4-8-17(16)22/h3-4,7-8,14-15,22H,5-6,9-13H2,1-2H3,(H,20,24)/t15-/m1/s1. The maximum atomic E-state index is 12.4. The number of carbonyl (C=O) groups is 2. The van der Waals surface area contributed by atoms with Crippen molar-refractivity contribution in [3.8, 4) is 5.75 Å². The van der Waals surface area contributed by atoms with Crippen molar-refractivity contribution in [1.82, 2.24) is 10.2 Å². The molecule has 1 heterocycles. The predicted molar refractivity (Wildman–Crippen MR) is 93.6 cm³/mol. The molecule has 0 spiro atoms. The van der Waals surface area contributed by atoms with Crippen LogP contribution in [0.2, 0.25) is 0 Å². The number of likely N-dealkylation sites (tertiary alicyclic amines) is 1. The lowest BCUT2D eigenvalue weighted by Crippen LogP contribution is -2.44. The van der Waals surface area contributed by atoms with Gasteiger partial charge < -0.3 is 15.3 Å². The first-order valence-corrected chi connectivity index (χ1v) is 8.79. The van der Waals surface area contributed by atoms with Gasteiger partial charge in [-0.3, -0.25) is 9.59 Å². The maximum absolute atomic E-state index is 12.4. The minimum atomic E-state index is -0.00937. The van der Waals surface area contributed by atoms with E-state index < -0.39 is 0 Å². The minimum absolute atomic E-state index is 0.00937. The molecule has 0 radical (unpaired) electrons. The number of nitrogens with zero attached hydrogens (tertiary/aromatic N) is 1. The molecule has 132 valence electrons. The van der Waals surface area contributed by atoms with Gasteiger partial charge in [-0.05, 0) is 36.8 Å². The number of carbonyl (C=O) groups excluding carboxylic acids is 2. The lowest BCUT2D eigenvalue weighted by molar-refractivity contribution is -0.132. The SMILES string of the molecule is CC(C)C(=O)NC[C@H]1CCCN(C(=O)CCc2ccccc2O)C1. The Labute approximate surface area is 144 Å². The fourth-order valence-corrected chi connectivity index (χ4v) is 3.03. The zero-order valence-electron chi connectivity index (χ0n) is 14.6. The Morgan fingerprint density at radius 1 is 1.33 bits per heavy atom. The molecule has 1 aromatic rings. The van der Waals surface area contributed by atoms with Crippen LogP contribution in [0.4, 0.5) is 0 Å². The normalized spacial score (nSPS) is 17.8. The van der Waals surface area contributed by atoms with E-state index in [4.69, 9.17) is 0 Å². The summed E-state index contributed by atoms with van der Waals surface area (Å²) in [7, 11) is 0. The van der Waals surface area contributed by atoms with Crippen LogP contribution in [0, 0.1) is 11.8 Å². The fourth-order valence-electron chi connectivity index (χ4n) is 3.03. The average molecular weight is 332 g/mol. The van der Waals surface area contributed by atoms with Crippen LogP contribution in [0.3, 0.4) is 0 Å². The summed E-state index contributed by atoms with van der Waals surface area (Å²) in [5.41, 5.74) is 0.809. The number of benzene rings is 1. The number of aryl methyl sites for hydroxylation is 1. The molecule has 0 unspecified atom stereocenters. The first-order valence-electron chi connectivity index (χ1n) is 8.79. The highest BCUT2D eigenvalue weighted by molar-refractivity contribution is 5.78. The molecule has 5 heteroatoms. The molecule has 2 amide bonds. The van der Waals surface area contributed by atoms with E-state index in [0.717, 1.165) is 24.9 Å². The van der Waals surface area contributed by atoms with Crippen LogP contribution in [-0.4, -0.2) is 41.5 Å². The van der Waals surface area contributed by atoms with Crippen molar-refractivity contribution in [2.75, 3.05) is 19.6 Å². The van der Waals surface area contributed by atoms with Gasteiger partial charge in [0.2, 0.25) is 11.8 Å². The Hall–Kier alpha value is -2.04. The zero-order valence-corrected chi connectivity index (χ0v) is 14.6. The number of phenolic OH excluding ortho intramolecular Hbond substituents is 1. The molecule has 0 saturated carbocycles. The average Bonchev–Trinajstić information content (AvgIpc) is 2.58. The molecule has 2 N–H and O–H groups in total. The summed E-state index contributed by atoms with van der Waals surface area (Å²) in [4.78, 5) is 26.0. The zero-order chi connectivity index (χ0) is 17.5. The summed E-state index contributed by atoms with van der Waals surface area (Å²) >= 11 is 0. The number of phenols is 1. The van der Waals surface area contributed by atoms with Crippen molar-refractivity contribution in [1.29, 1.82) is 0 Å². The Balaban J connectivity index is 1.79. The number of amides is 2. The molecule has 24 heavy (non-hydrogen) atoms. The van der Waals surface area contributed by atoms with Gasteiger partial charge in [0.05, 0.1) is 0 Å². The Morgan fingerprint density at radius 3 is 2.79 bits per heavy atom. The van der Waals surface area contributed by atoms with Gasteiger partial charge in [-0.1, -0.05) is 32.0 Å². The van der Waals surface area contributed by atoms with Crippen molar-refractivity contribution < 1.29 is 14.7 Å². The quantitative estimate of drug-likeness (QED) is 0.840. The molecule has 1 aliphatic rings. The lowest BCUT2D eigenvalue weighted by atomic mass is 9.97. The van der Waals surface area contributed by atoms with Crippen molar-refractivity contribution in [2.45, 2.75) is 39.5 Å². The number of para-hydroxylation sites is 1. The van der Waals surface area contributed by atoms with Crippen LogP contribution >= 0.6 is 0 Å². The van der Waals surface area contributed by atoms with E-state index in [1.165, 1.54) is 0 Å². The second-order valence-corrected chi connectivity index (χ2v) is 6.88. The van der Waals surface area contributed by atoms with E-state index in [1.54, 1.807) is 12.1 Å². The van der Waals surface area contributed by atoms with Gasteiger partial charge in [-0.25, -0.2) is 0 Å². The van der Waals surface area contributed by atoms with Crippen molar-refractivity contribution >= 4 is 11.8 Å². The number of rotatable bonds is 6. The molecule has 0 aromatic heterocycles. The highest BCUT2D eigenvalue weighted by atomic mass is 16.3. The predicted octanol–water partition coefficient (Wildman–Crippen LogP) is 2.34. The summed E-state index contributed by atoms with van der Waals surface area (Å²) in [5, 5.41) is 12.7. The molecular weight excluding hydrogens is 304 g/mol. The number of hydrogen-bond acceptors (Lipinski definition) is 3. The lowest BCUT2D eigenvalue weighted by Gasteiger charge is -2.33. The number of nitrogens with one attached hydrogen (secondary N) is 1. The first kappa shape index (κ1) is 18.3. The van der Waals surface area contributed by atoms with Gasteiger partial charge in [0, 0.05) is 32.0 Å². The summed E-state index contributed by atoms with van der Waals surface area (Å²) in [6.07, 6.45) is 2.98. The molecule has 1 aromatic carbocycles. The molecule has 1 aliphatic heterocycles. The molecule has 5 nitrogen and oxygen atoms in total. The van der Waals surface area contributed by atoms with E-state index in [9.17, 15) is 14.7 Å². The maximum Gasteiger partial charge on any atom is 0.222 e. The van der Waals surface area contributed by atoms with E-state index in [0.29, 0.717) is 31.8 Å². The van der Waals surface area contributed by atoms with E-state index in [1.807, 2.05) is 30.9 Å². The second kappa shape index (κ2) is 8.71. The van der Waals surface area contributed by atoms with Crippen LogP contribution in [0.25, 0.3) is 0 Å². The van der Waals surface area contributed by atoms with Crippen LogP contribution in [0.15, 0.2) is 24.3 Å². The third kappa shape index (κ3) is 5.25. The van der Waals surface area contributed by atoms with Crippen molar-refractivity contribution in [3.63, 3.8) is 0 Å². The monoisotopic (exact) mass is 332 g/mol. The van der Waals surface area contributed by atoms with Gasteiger partial charge in [-0.2, -0.15) is 0 Å². The molecule has 1 atom stereocenters. The highest BCUT2D eigenvalue weighted by Gasteiger charge is 2.24. The van der Waals surface area contributed by atoms with Gasteiger partial charge in [0.25, 0.3) is 0 Å². The van der Waals surface area contributed by atoms with Gasteiger partial charge in [0.15, 0.2) is 0 Å². The summed E-state index contributed by atoms with van der Waals surface area (Å²) in [5.74, 6) is 0.759. The Kier molecular flexibility index (Phi) is 6.64. The Morgan fingerprint density at radius 2 is 2.08 bits per heavy atom. The number of hydrogen-bond donors (Lipinski definition) is 2. The molecule has 2 rings (SSSR count). The van der Waals surface area contributed by atoms with Crippen LogP contribution in [-0.2, 0) is 16.0 Å². The van der Waals surface area contributed by atoms with Gasteiger partial charge >= 0.3 is 0 Å². The molecule has 1 saturated heterocycles. The van der Waals surface area contributed by atoms with E-state index in [2.05, 4.69) is 5.32 Å². The van der Waals surface area contributed by atoms with Crippen LogP contribution < -0.4 is 5.32 Å². The Bertz CT molecular complexity index is 571. The van der Waals surface area contributed by atoms with Gasteiger partial charge in [0.1, 0.15) is 5.75 Å². The number of aromatic hydroxyl groups is 1. The fraction of sp³-hybridized carbons (Fsp3) is 0.579. The van der Waals surface area contributed by atoms with Crippen LogP contribution in [0.1, 0.15) is 38.7 Å². The summed E-state index contributed by atoms with van der Waals surface area (Å²) < 4.78 is 0.